The largest absolute Gasteiger partial charge is 0.480 e. The highest BCUT2D eigenvalue weighted by molar-refractivity contribution is 5.87. The maximum Gasteiger partial charge on any atom is 0.387 e. The van der Waals surface area contributed by atoms with Gasteiger partial charge in [-0.25, -0.2) is 4.79 Å². The number of halogens is 2. The van der Waals surface area contributed by atoms with Gasteiger partial charge in [-0.05, 0) is 37.0 Å². The number of rotatable bonds is 7. The molecule has 1 fully saturated rings. The third kappa shape index (κ3) is 4.64. The second-order valence-electron chi connectivity index (χ2n) is 5.66. The summed E-state index contributed by atoms with van der Waals surface area (Å²) in [7, 11) is 0. The van der Waals surface area contributed by atoms with Crippen molar-refractivity contribution >= 4 is 11.9 Å². The molecule has 1 aromatic rings. The molecule has 2 rings (SSSR count). The summed E-state index contributed by atoms with van der Waals surface area (Å²) in [6, 6.07) is 6.03. The number of amides is 1. The maximum absolute atomic E-state index is 12.0. The molecule has 2 N–H and O–H groups in total. The van der Waals surface area contributed by atoms with Crippen LogP contribution in [0.4, 0.5) is 8.78 Å². The van der Waals surface area contributed by atoms with Crippen molar-refractivity contribution in [1.29, 1.82) is 0 Å². The minimum atomic E-state index is -2.87. The Balaban J connectivity index is 1.85. The Hall–Kier alpha value is -2.18. The summed E-state index contributed by atoms with van der Waals surface area (Å²) < 4.78 is 28.3. The second-order valence-corrected chi connectivity index (χ2v) is 5.66. The van der Waals surface area contributed by atoms with Gasteiger partial charge < -0.3 is 15.2 Å². The minimum absolute atomic E-state index is 0.0592. The van der Waals surface area contributed by atoms with Crippen molar-refractivity contribution in [1.82, 2.24) is 5.32 Å². The van der Waals surface area contributed by atoms with E-state index in [-0.39, 0.29) is 18.1 Å². The molecule has 0 aromatic heterocycles. The van der Waals surface area contributed by atoms with Gasteiger partial charge in [-0.2, -0.15) is 8.78 Å². The number of aliphatic carboxylic acids is 1. The number of hydrogen-bond donors (Lipinski definition) is 2. The number of carboxylic acids is 1. The van der Waals surface area contributed by atoms with Gasteiger partial charge in [0.05, 0.1) is 0 Å². The molecule has 0 bridgehead atoms. The zero-order chi connectivity index (χ0) is 16.9. The van der Waals surface area contributed by atoms with E-state index in [1.807, 2.05) is 0 Å². The van der Waals surface area contributed by atoms with Gasteiger partial charge >= 0.3 is 12.6 Å². The highest BCUT2D eigenvalue weighted by Gasteiger charge is 2.42. The van der Waals surface area contributed by atoms with E-state index in [2.05, 4.69) is 10.1 Å². The van der Waals surface area contributed by atoms with Crippen LogP contribution in [0.1, 0.15) is 37.7 Å². The Bertz CT molecular complexity index is 554. The first-order valence-electron chi connectivity index (χ1n) is 7.49. The van der Waals surface area contributed by atoms with Gasteiger partial charge in [0.1, 0.15) is 11.3 Å². The molecule has 5 nitrogen and oxygen atoms in total. The number of carbonyl (C=O) groups excluding carboxylic acids is 1. The molecule has 0 spiro atoms. The van der Waals surface area contributed by atoms with Crippen LogP contribution in [-0.2, 0) is 16.0 Å². The number of carboxylic acid groups (broad SMARTS) is 1. The van der Waals surface area contributed by atoms with Crippen LogP contribution in [0.3, 0.4) is 0 Å². The van der Waals surface area contributed by atoms with E-state index in [1.165, 1.54) is 12.1 Å². The minimum Gasteiger partial charge on any atom is -0.480 e. The molecule has 1 amide bonds. The third-order valence-corrected chi connectivity index (χ3v) is 4.03. The van der Waals surface area contributed by atoms with Crippen molar-refractivity contribution in [2.45, 2.75) is 50.7 Å². The normalized spacial score (nSPS) is 16.3. The SMILES string of the molecule is O=C(CCc1ccc(OC(F)F)cc1)NC1(C(=O)O)CCCC1. The summed E-state index contributed by atoms with van der Waals surface area (Å²) >= 11 is 0. The summed E-state index contributed by atoms with van der Waals surface area (Å²) in [5.41, 5.74) is -0.343. The first-order valence-corrected chi connectivity index (χ1v) is 7.49. The van der Waals surface area contributed by atoms with E-state index in [1.54, 1.807) is 12.1 Å². The van der Waals surface area contributed by atoms with E-state index >= 15 is 0 Å². The molecule has 23 heavy (non-hydrogen) atoms. The first-order chi connectivity index (χ1) is 10.9. The third-order valence-electron chi connectivity index (χ3n) is 4.03. The number of hydrogen-bond acceptors (Lipinski definition) is 3. The first kappa shape index (κ1) is 17.2. The molecule has 7 heteroatoms. The van der Waals surface area contributed by atoms with E-state index in [9.17, 15) is 23.5 Å². The Kier molecular flexibility index (Phi) is 5.52. The molecule has 0 saturated heterocycles. The Morgan fingerprint density at radius 2 is 1.83 bits per heavy atom. The van der Waals surface area contributed by atoms with Gasteiger partial charge in [-0.15, -0.1) is 0 Å². The van der Waals surface area contributed by atoms with Gasteiger partial charge in [-0.1, -0.05) is 25.0 Å². The predicted octanol–water partition coefficient (Wildman–Crippen LogP) is 2.73. The fraction of sp³-hybridized carbons (Fsp3) is 0.500. The van der Waals surface area contributed by atoms with Crippen LogP contribution in [-0.4, -0.2) is 29.1 Å². The van der Waals surface area contributed by atoms with Crippen molar-refractivity contribution in [3.05, 3.63) is 29.8 Å². The lowest BCUT2D eigenvalue weighted by atomic mass is 9.97. The molecule has 0 radical (unpaired) electrons. The van der Waals surface area contributed by atoms with Crippen LogP contribution in [0.2, 0.25) is 0 Å². The molecular formula is C16H19F2NO4. The van der Waals surface area contributed by atoms with E-state index in [0.29, 0.717) is 19.3 Å². The summed E-state index contributed by atoms with van der Waals surface area (Å²) in [5.74, 6) is -1.25. The summed E-state index contributed by atoms with van der Waals surface area (Å²) in [4.78, 5) is 23.4. The monoisotopic (exact) mass is 327 g/mol. The predicted molar refractivity (Wildman–Crippen MR) is 78.4 cm³/mol. The van der Waals surface area contributed by atoms with E-state index in [0.717, 1.165) is 18.4 Å². The number of aryl methyl sites for hydroxylation is 1. The summed E-state index contributed by atoms with van der Waals surface area (Å²) in [6.45, 7) is -2.87. The smallest absolute Gasteiger partial charge is 0.387 e. The number of benzene rings is 1. The number of nitrogens with one attached hydrogen (secondary N) is 1. The van der Waals surface area contributed by atoms with Crippen LogP contribution in [0, 0.1) is 0 Å². The number of carbonyl (C=O) groups is 2. The van der Waals surface area contributed by atoms with Crippen molar-refractivity contribution in [2.24, 2.45) is 0 Å². The molecule has 0 atom stereocenters. The highest BCUT2D eigenvalue weighted by Crippen LogP contribution is 2.30. The van der Waals surface area contributed by atoms with Crippen molar-refractivity contribution in [2.75, 3.05) is 0 Å². The Morgan fingerprint density at radius 1 is 1.22 bits per heavy atom. The molecule has 0 aliphatic heterocycles. The molecule has 1 aliphatic carbocycles. The lowest BCUT2D eigenvalue weighted by molar-refractivity contribution is -0.147. The summed E-state index contributed by atoms with van der Waals surface area (Å²) in [6.07, 6.45) is 3.03. The zero-order valence-electron chi connectivity index (χ0n) is 12.6. The molecule has 1 aliphatic rings. The second kappa shape index (κ2) is 7.39. The topological polar surface area (TPSA) is 75.6 Å². The van der Waals surface area contributed by atoms with Gasteiger partial charge in [0, 0.05) is 6.42 Å². The maximum atomic E-state index is 12.0. The fourth-order valence-electron chi connectivity index (χ4n) is 2.80. The van der Waals surface area contributed by atoms with Crippen molar-refractivity contribution in [3.63, 3.8) is 0 Å². The van der Waals surface area contributed by atoms with Crippen molar-refractivity contribution in [3.8, 4) is 5.75 Å². The molecule has 126 valence electrons. The van der Waals surface area contributed by atoms with Crippen LogP contribution < -0.4 is 10.1 Å². The van der Waals surface area contributed by atoms with Crippen LogP contribution in [0.15, 0.2) is 24.3 Å². The molecular weight excluding hydrogens is 308 g/mol. The van der Waals surface area contributed by atoms with Gasteiger partial charge in [0.2, 0.25) is 5.91 Å². The van der Waals surface area contributed by atoms with Crippen LogP contribution in [0.5, 0.6) is 5.75 Å². The molecule has 1 aromatic carbocycles. The van der Waals surface area contributed by atoms with Crippen LogP contribution >= 0.6 is 0 Å². The number of ether oxygens (including phenoxy) is 1. The van der Waals surface area contributed by atoms with E-state index < -0.39 is 18.1 Å². The lowest BCUT2D eigenvalue weighted by Crippen LogP contribution is -2.52. The number of alkyl halides is 2. The fourth-order valence-corrected chi connectivity index (χ4v) is 2.80. The highest BCUT2D eigenvalue weighted by atomic mass is 19.3. The lowest BCUT2D eigenvalue weighted by Gasteiger charge is -2.25. The average Bonchev–Trinajstić information content (AvgIpc) is 2.96. The van der Waals surface area contributed by atoms with Gasteiger partial charge in [0.25, 0.3) is 0 Å². The average molecular weight is 327 g/mol. The Morgan fingerprint density at radius 3 is 2.35 bits per heavy atom. The molecule has 1 saturated carbocycles. The van der Waals surface area contributed by atoms with E-state index in [4.69, 9.17) is 0 Å². The van der Waals surface area contributed by atoms with Crippen LogP contribution in [0.25, 0.3) is 0 Å². The summed E-state index contributed by atoms with van der Waals surface area (Å²) in [5, 5.41) is 11.9. The van der Waals surface area contributed by atoms with Gasteiger partial charge in [-0.3, -0.25) is 4.79 Å². The quantitative estimate of drug-likeness (QED) is 0.807. The van der Waals surface area contributed by atoms with Crippen molar-refractivity contribution < 1.29 is 28.2 Å². The Labute approximate surface area is 132 Å². The molecule has 0 heterocycles. The zero-order valence-corrected chi connectivity index (χ0v) is 12.6. The van der Waals surface area contributed by atoms with Gasteiger partial charge in [0.15, 0.2) is 0 Å². The molecule has 0 unspecified atom stereocenters. The standard InChI is InChI=1S/C16H19F2NO4/c17-15(18)23-12-6-3-11(4-7-12)5-8-13(20)19-16(14(21)22)9-1-2-10-16/h3-4,6-7,15H,1-2,5,8-10H2,(H,19,20)(H,21,22).